The predicted molar refractivity (Wildman–Crippen MR) is 85.0 cm³/mol. The molecule has 0 aliphatic heterocycles. The topological polar surface area (TPSA) is 29.9 Å². The largest absolute Gasteiger partial charge is 0.330 e. The van der Waals surface area contributed by atoms with E-state index in [1.807, 2.05) is 6.20 Å². The minimum Gasteiger partial charge on any atom is -0.330 e. The molecule has 3 atom stereocenters. The highest BCUT2D eigenvalue weighted by atomic mass is 15.1. The molecule has 1 N–H and O–H groups in total. The zero-order chi connectivity index (χ0) is 14.4. The van der Waals surface area contributed by atoms with Gasteiger partial charge in [0.25, 0.3) is 0 Å². The van der Waals surface area contributed by atoms with E-state index in [-0.39, 0.29) is 0 Å². The van der Waals surface area contributed by atoms with Crippen molar-refractivity contribution >= 4 is 0 Å². The van der Waals surface area contributed by atoms with Crippen LogP contribution in [0.15, 0.2) is 12.4 Å². The number of aromatic nitrogens is 2. The zero-order valence-corrected chi connectivity index (χ0v) is 13.4. The molecule has 1 aliphatic rings. The number of hydrogen-bond donors (Lipinski definition) is 1. The molecule has 1 heterocycles. The monoisotopic (exact) mass is 277 g/mol. The summed E-state index contributed by atoms with van der Waals surface area (Å²) in [7, 11) is 0. The predicted octanol–water partition coefficient (Wildman–Crippen LogP) is 3.96. The molecule has 2 rings (SSSR count). The van der Waals surface area contributed by atoms with E-state index in [0.717, 1.165) is 18.9 Å². The summed E-state index contributed by atoms with van der Waals surface area (Å²) in [5, 5.41) is 3.77. The fourth-order valence-corrected chi connectivity index (χ4v) is 3.54. The molecule has 0 radical (unpaired) electrons. The van der Waals surface area contributed by atoms with Gasteiger partial charge in [0.05, 0.1) is 6.04 Å². The van der Waals surface area contributed by atoms with Crippen LogP contribution in [0.25, 0.3) is 0 Å². The third-order valence-corrected chi connectivity index (χ3v) is 4.74. The number of nitrogens with zero attached hydrogens (tertiary/aromatic N) is 2. The van der Waals surface area contributed by atoms with Crippen LogP contribution in [0.5, 0.6) is 0 Å². The third-order valence-electron chi connectivity index (χ3n) is 4.74. The number of nitrogens with one attached hydrogen (secondary N) is 1. The smallest absolute Gasteiger partial charge is 0.108 e. The maximum Gasteiger partial charge on any atom is 0.108 e. The number of aryl methyl sites for hydroxylation is 1. The van der Waals surface area contributed by atoms with Gasteiger partial charge in [-0.1, -0.05) is 27.2 Å². The average molecular weight is 277 g/mol. The van der Waals surface area contributed by atoms with Crippen LogP contribution in [0.1, 0.15) is 71.2 Å². The first-order chi connectivity index (χ1) is 9.80. The highest BCUT2D eigenvalue weighted by Crippen LogP contribution is 2.35. The summed E-state index contributed by atoms with van der Waals surface area (Å²) in [6.45, 7) is 7.96. The van der Waals surface area contributed by atoms with Gasteiger partial charge in [0.1, 0.15) is 5.82 Å². The van der Waals surface area contributed by atoms with Gasteiger partial charge in [0.15, 0.2) is 0 Å². The molecule has 0 saturated heterocycles. The molecule has 20 heavy (non-hydrogen) atoms. The molecule has 1 saturated carbocycles. The first-order valence-electron chi connectivity index (χ1n) is 8.55. The lowest BCUT2D eigenvalue weighted by molar-refractivity contribution is 0.199. The van der Waals surface area contributed by atoms with Gasteiger partial charge >= 0.3 is 0 Å². The molecule has 1 aliphatic carbocycles. The average Bonchev–Trinajstić information content (AvgIpc) is 2.93. The van der Waals surface area contributed by atoms with Crippen molar-refractivity contribution < 1.29 is 0 Å². The Balaban J connectivity index is 2.14. The van der Waals surface area contributed by atoms with Crippen LogP contribution in [-0.4, -0.2) is 22.1 Å². The lowest BCUT2D eigenvalue weighted by Gasteiger charge is -2.38. The van der Waals surface area contributed by atoms with Crippen molar-refractivity contribution in [2.45, 2.75) is 77.8 Å². The lowest BCUT2D eigenvalue weighted by atomic mass is 9.80. The molecule has 1 fully saturated rings. The SMILES string of the molecule is CCCNC1CCC(CC)CC1n1ccnc1CCC. The number of rotatable bonds is 7. The molecule has 0 aromatic carbocycles. The van der Waals surface area contributed by atoms with Crippen molar-refractivity contribution in [3.05, 3.63) is 18.2 Å². The van der Waals surface area contributed by atoms with Gasteiger partial charge in [-0.25, -0.2) is 4.98 Å². The summed E-state index contributed by atoms with van der Waals surface area (Å²) < 4.78 is 2.47. The van der Waals surface area contributed by atoms with Crippen molar-refractivity contribution in [3.8, 4) is 0 Å². The van der Waals surface area contributed by atoms with Crippen LogP contribution in [0, 0.1) is 5.92 Å². The molecule has 0 bridgehead atoms. The van der Waals surface area contributed by atoms with Crippen molar-refractivity contribution in [2.75, 3.05) is 6.54 Å². The van der Waals surface area contributed by atoms with Crippen LogP contribution in [0.4, 0.5) is 0 Å². The summed E-state index contributed by atoms with van der Waals surface area (Å²) >= 11 is 0. The second-order valence-electron chi connectivity index (χ2n) is 6.22. The van der Waals surface area contributed by atoms with Gasteiger partial charge in [0.2, 0.25) is 0 Å². The van der Waals surface area contributed by atoms with Gasteiger partial charge < -0.3 is 9.88 Å². The molecule has 1 aromatic rings. The van der Waals surface area contributed by atoms with E-state index in [0.29, 0.717) is 12.1 Å². The molecule has 114 valence electrons. The Morgan fingerprint density at radius 1 is 1.25 bits per heavy atom. The van der Waals surface area contributed by atoms with Crippen LogP contribution in [-0.2, 0) is 6.42 Å². The molecular formula is C17H31N3. The number of imidazole rings is 1. The molecule has 3 nitrogen and oxygen atoms in total. The first kappa shape index (κ1) is 15.6. The van der Waals surface area contributed by atoms with E-state index >= 15 is 0 Å². The van der Waals surface area contributed by atoms with Crippen molar-refractivity contribution in [1.29, 1.82) is 0 Å². The Morgan fingerprint density at radius 2 is 2.10 bits per heavy atom. The highest BCUT2D eigenvalue weighted by molar-refractivity contribution is 5.00. The molecule has 3 heteroatoms. The minimum absolute atomic E-state index is 0.601. The van der Waals surface area contributed by atoms with Crippen LogP contribution < -0.4 is 5.32 Å². The summed E-state index contributed by atoms with van der Waals surface area (Å²) in [6.07, 6.45) is 13.0. The van der Waals surface area contributed by atoms with E-state index in [1.54, 1.807) is 0 Å². The fourth-order valence-electron chi connectivity index (χ4n) is 3.54. The molecule has 3 unspecified atom stereocenters. The summed E-state index contributed by atoms with van der Waals surface area (Å²) in [5.74, 6) is 2.16. The summed E-state index contributed by atoms with van der Waals surface area (Å²) in [5.41, 5.74) is 0. The lowest BCUT2D eigenvalue weighted by Crippen LogP contribution is -2.42. The normalized spacial score (nSPS) is 26.9. The Hall–Kier alpha value is -0.830. The van der Waals surface area contributed by atoms with Crippen LogP contribution in [0.2, 0.25) is 0 Å². The van der Waals surface area contributed by atoms with E-state index in [1.165, 1.54) is 44.3 Å². The highest BCUT2D eigenvalue weighted by Gasteiger charge is 2.31. The second-order valence-corrected chi connectivity index (χ2v) is 6.22. The van der Waals surface area contributed by atoms with E-state index in [4.69, 9.17) is 0 Å². The van der Waals surface area contributed by atoms with Crippen LogP contribution in [0.3, 0.4) is 0 Å². The zero-order valence-electron chi connectivity index (χ0n) is 13.4. The van der Waals surface area contributed by atoms with E-state index in [9.17, 15) is 0 Å². The second kappa shape index (κ2) is 7.82. The van der Waals surface area contributed by atoms with Crippen molar-refractivity contribution in [3.63, 3.8) is 0 Å². The van der Waals surface area contributed by atoms with Gasteiger partial charge in [-0.2, -0.15) is 0 Å². The standard InChI is InChI=1S/C17H31N3/c1-4-7-17-19-11-12-20(17)16-13-14(6-3)8-9-15(16)18-10-5-2/h11-12,14-16,18H,4-10,13H2,1-3H3. The summed E-state index contributed by atoms with van der Waals surface area (Å²) in [4.78, 5) is 4.58. The maximum atomic E-state index is 4.58. The summed E-state index contributed by atoms with van der Waals surface area (Å²) in [6, 6.07) is 1.23. The van der Waals surface area contributed by atoms with Gasteiger partial charge in [-0.05, 0) is 44.6 Å². The maximum absolute atomic E-state index is 4.58. The molecular weight excluding hydrogens is 246 g/mol. The third kappa shape index (κ3) is 3.63. The van der Waals surface area contributed by atoms with Crippen molar-refractivity contribution in [1.82, 2.24) is 14.9 Å². The fraction of sp³-hybridized carbons (Fsp3) is 0.824. The van der Waals surface area contributed by atoms with Gasteiger partial charge in [-0.3, -0.25) is 0 Å². The quantitative estimate of drug-likeness (QED) is 0.817. The molecule has 1 aromatic heterocycles. The first-order valence-corrected chi connectivity index (χ1v) is 8.55. The van der Waals surface area contributed by atoms with Crippen molar-refractivity contribution in [2.24, 2.45) is 5.92 Å². The molecule has 0 spiro atoms. The molecule has 0 amide bonds. The van der Waals surface area contributed by atoms with E-state index in [2.05, 4.69) is 41.8 Å². The minimum atomic E-state index is 0.601. The van der Waals surface area contributed by atoms with Gasteiger partial charge in [-0.15, -0.1) is 0 Å². The Morgan fingerprint density at radius 3 is 2.80 bits per heavy atom. The number of hydrogen-bond acceptors (Lipinski definition) is 2. The van der Waals surface area contributed by atoms with Crippen LogP contribution >= 0.6 is 0 Å². The van der Waals surface area contributed by atoms with Gasteiger partial charge in [0, 0.05) is 24.9 Å². The Kier molecular flexibility index (Phi) is 6.08. The van der Waals surface area contributed by atoms with E-state index < -0.39 is 0 Å². The Labute approximate surface area is 124 Å². The Bertz CT molecular complexity index is 385.